The van der Waals surface area contributed by atoms with Gasteiger partial charge in [-0.25, -0.2) is 4.39 Å². The van der Waals surface area contributed by atoms with Gasteiger partial charge < -0.3 is 14.8 Å². The van der Waals surface area contributed by atoms with E-state index in [1.807, 2.05) is 0 Å². The molecule has 0 atom stereocenters. The Balaban J connectivity index is 2.19. The van der Waals surface area contributed by atoms with Crippen molar-refractivity contribution in [3.63, 3.8) is 0 Å². The van der Waals surface area contributed by atoms with Crippen molar-refractivity contribution in [2.45, 2.75) is 26.3 Å². The Bertz CT molecular complexity index is 345. The average Bonchev–Trinajstić information content (AvgIpc) is 2.39. The second-order valence-electron chi connectivity index (χ2n) is 4.10. The number of hydrogen-bond donors (Lipinski definition) is 1. The van der Waals surface area contributed by atoms with Gasteiger partial charge in [-0.3, -0.25) is 0 Å². The lowest BCUT2D eigenvalue weighted by Gasteiger charge is -2.07. The number of hydrogen-bond acceptors (Lipinski definition) is 3. The van der Waals surface area contributed by atoms with Crippen molar-refractivity contribution in [2.75, 3.05) is 26.9 Å². The third-order valence-electron chi connectivity index (χ3n) is 2.57. The molecule has 0 unspecified atom stereocenters. The number of rotatable bonds is 9. The highest BCUT2D eigenvalue weighted by Gasteiger charge is 2.03. The van der Waals surface area contributed by atoms with E-state index in [0.717, 1.165) is 32.6 Å². The molecule has 1 aromatic rings. The summed E-state index contributed by atoms with van der Waals surface area (Å²) < 4.78 is 23.9. The SMILES string of the molecule is CCCOCCCNCc1ccc(OC)cc1F. The molecular weight excluding hydrogens is 233 g/mol. The normalized spacial score (nSPS) is 10.6. The van der Waals surface area contributed by atoms with Crippen LogP contribution in [-0.4, -0.2) is 26.9 Å². The van der Waals surface area contributed by atoms with E-state index in [9.17, 15) is 4.39 Å². The van der Waals surface area contributed by atoms with E-state index in [0.29, 0.717) is 17.9 Å². The fourth-order valence-electron chi connectivity index (χ4n) is 1.57. The van der Waals surface area contributed by atoms with Crippen molar-refractivity contribution >= 4 is 0 Å². The summed E-state index contributed by atoms with van der Waals surface area (Å²) in [6.45, 7) is 5.02. The van der Waals surface area contributed by atoms with Gasteiger partial charge in [-0.2, -0.15) is 0 Å². The average molecular weight is 255 g/mol. The second-order valence-corrected chi connectivity index (χ2v) is 4.10. The van der Waals surface area contributed by atoms with Crippen molar-refractivity contribution in [2.24, 2.45) is 0 Å². The summed E-state index contributed by atoms with van der Waals surface area (Å²) in [7, 11) is 1.53. The Morgan fingerprint density at radius 3 is 2.78 bits per heavy atom. The molecule has 18 heavy (non-hydrogen) atoms. The van der Waals surface area contributed by atoms with E-state index in [1.165, 1.54) is 13.2 Å². The molecule has 3 nitrogen and oxygen atoms in total. The fourth-order valence-corrected chi connectivity index (χ4v) is 1.57. The smallest absolute Gasteiger partial charge is 0.131 e. The van der Waals surface area contributed by atoms with Gasteiger partial charge in [0.2, 0.25) is 0 Å². The molecule has 0 aliphatic carbocycles. The molecule has 0 aliphatic rings. The van der Waals surface area contributed by atoms with Gasteiger partial charge in [-0.05, 0) is 25.5 Å². The van der Waals surface area contributed by atoms with Crippen molar-refractivity contribution in [1.82, 2.24) is 5.32 Å². The van der Waals surface area contributed by atoms with E-state index in [1.54, 1.807) is 12.1 Å². The maximum absolute atomic E-state index is 13.6. The molecule has 0 spiro atoms. The van der Waals surface area contributed by atoms with E-state index in [4.69, 9.17) is 9.47 Å². The van der Waals surface area contributed by atoms with Crippen LogP contribution in [0.4, 0.5) is 4.39 Å². The summed E-state index contributed by atoms with van der Waals surface area (Å²) in [6, 6.07) is 4.92. The van der Waals surface area contributed by atoms with Crippen LogP contribution in [0.2, 0.25) is 0 Å². The van der Waals surface area contributed by atoms with Gasteiger partial charge in [-0.15, -0.1) is 0 Å². The first kappa shape index (κ1) is 14.9. The van der Waals surface area contributed by atoms with E-state index < -0.39 is 0 Å². The van der Waals surface area contributed by atoms with Crippen LogP contribution in [0.3, 0.4) is 0 Å². The maximum atomic E-state index is 13.6. The summed E-state index contributed by atoms with van der Waals surface area (Å²) >= 11 is 0. The standard InChI is InChI=1S/C14H22FNO2/c1-3-8-18-9-4-7-16-11-12-5-6-13(17-2)10-14(12)15/h5-6,10,16H,3-4,7-9,11H2,1-2H3. The summed E-state index contributed by atoms with van der Waals surface area (Å²) in [5.74, 6) is 0.313. The van der Waals surface area contributed by atoms with Gasteiger partial charge in [0, 0.05) is 31.4 Å². The first-order valence-corrected chi connectivity index (χ1v) is 6.38. The number of benzene rings is 1. The highest BCUT2D eigenvalue weighted by Crippen LogP contribution is 2.15. The zero-order valence-corrected chi connectivity index (χ0v) is 11.2. The Morgan fingerprint density at radius 2 is 2.11 bits per heavy atom. The summed E-state index contributed by atoms with van der Waals surface area (Å²) in [6.07, 6.45) is 1.99. The van der Waals surface area contributed by atoms with Crippen LogP contribution in [0.15, 0.2) is 18.2 Å². The third kappa shape index (κ3) is 5.47. The van der Waals surface area contributed by atoms with Gasteiger partial charge >= 0.3 is 0 Å². The Kier molecular flexibility index (Phi) is 7.37. The molecule has 1 N–H and O–H groups in total. The molecular formula is C14H22FNO2. The fraction of sp³-hybridized carbons (Fsp3) is 0.571. The predicted octanol–water partition coefficient (Wildman–Crippen LogP) is 2.74. The molecule has 0 fully saturated rings. The molecule has 0 saturated carbocycles. The van der Waals surface area contributed by atoms with Crippen LogP contribution >= 0.6 is 0 Å². The topological polar surface area (TPSA) is 30.5 Å². The van der Waals surface area contributed by atoms with Gasteiger partial charge in [-0.1, -0.05) is 13.0 Å². The van der Waals surface area contributed by atoms with Crippen LogP contribution in [0, 0.1) is 5.82 Å². The molecule has 4 heteroatoms. The summed E-state index contributed by atoms with van der Waals surface area (Å²) in [5.41, 5.74) is 0.658. The molecule has 1 rings (SSSR count). The quantitative estimate of drug-likeness (QED) is 0.688. The molecule has 0 amide bonds. The third-order valence-corrected chi connectivity index (χ3v) is 2.57. The second kappa shape index (κ2) is 8.89. The van der Waals surface area contributed by atoms with Gasteiger partial charge in [0.15, 0.2) is 0 Å². The van der Waals surface area contributed by atoms with E-state index in [2.05, 4.69) is 12.2 Å². The van der Waals surface area contributed by atoms with Crippen LogP contribution < -0.4 is 10.1 Å². The van der Waals surface area contributed by atoms with Crippen molar-refractivity contribution in [3.05, 3.63) is 29.6 Å². The maximum Gasteiger partial charge on any atom is 0.131 e. The number of methoxy groups -OCH3 is 1. The Hall–Kier alpha value is -1.13. The number of ether oxygens (including phenoxy) is 2. The molecule has 0 bridgehead atoms. The van der Waals surface area contributed by atoms with Crippen LogP contribution in [0.1, 0.15) is 25.3 Å². The predicted molar refractivity (Wildman–Crippen MR) is 70.4 cm³/mol. The molecule has 102 valence electrons. The van der Waals surface area contributed by atoms with Gasteiger partial charge in [0.1, 0.15) is 11.6 Å². The molecule has 0 aromatic heterocycles. The zero-order chi connectivity index (χ0) is 13.2. The lowest BCUT2D eigenvalue weighted by atomic mass is 10.2. The minimum Gasteiger partial charge on any atom is -0.497 e. The zero-order valence-electron chi connectivity index (χ0n) is 11.2. The highest BCUT2D eigenvalue weighted by molar-refractivity contribution is 5.28. The largest absolute Gasteiger partial charge is 0.497 e. The van der Waals surface area contributed by atoms with Gasteiger partial charge in [0.25, 0.3) is 0 Å². The first-order chi connectivity index (χ1) is 8.77. The van der Waals surface area contributed by atoms with Crippen LogP contribution in [0.25, 0.3) is 0 Å². The Morgan fingerprint density at radius 1 is 1.28 bits per heavy atom. The molecule has 0 heterocycles. The lowest BCUT2D eigenvalue weighted by molar-refractivity contribution is 0.132. The minimum atomic E-state index is -0.232. The highest BCUT2D eigenvalue weighted by atomic mass is 19.1. The monoisotopic (exact) mass is 255 g/mol. The lowest BCUT2D eigenvalue weighted by Crippen LogP contribution is -2.17. The van der Waals surface area contributed by atoms with Crippen molar-refractivity contribution < 1.29 is 13.9 Å². The van der Waals surface area contributed by atoms with E-state index >= 15 is 0 Å². The van der Waals surface area contributed by atoms with Crippen molar-refractivity contribution in [1.29, 1.82) is 0 Å². The molecule has 0 aliphatic heterocycles. The molecule has 0 radical (unpaired) electrons. The van der Waals surface area contributed by atoms with Gasteiger partial charge in [0.05, 0.1) is 7.11 Å². The van der Waals surface area contributed by atoms with Crippen molar-refractivity contribution in [3.8, 4) is 5.75 Å². The summed E-state index contributed by atoms with van der Waals surface area (Å²) in [5, 5.41) is 3.20. The first-order valence-electron chi connectivity index (χ1n) is 6.38. The van der Waals surface area contributed by atoms with E-state index in [-0.39, 0.29) is 5.82 Å². The molecule has 0 saturated heterocycles. The van der Waals surface area contributed by atoms with Crippen LogP contribution in [-0.2, 0) is 11.3 Å². The molecule has 1 aromatic carbocycles. The number of halogens is 1. The summed E-state index contributed by atoms with van der Waals surface area (Å²) in [4.78, 5) is 0. The minimum absolute atomic E-state index is 0.232. The van der Waals surface area contributed by atoms with Crippen LogP contribution in [0.5, 0.6) is 5.75 Å². The Labute approximate surface area is 108 Å². The number of nitrogens with one attached hydrogen (secondary N) is 1.